The quantitative estimate of drug-likeness (QED) is 0.261. The molecule has 0 saturated heterocycles. The summed E-state index contributed by atoms with van der Waals surface area (Å²) in [4.78, 5) is 25.9. The van der Waals surface area contributed by atoms with Gasteiger partial charge in [0.15, 0.2) is 6.10 Å². The Labute approximate surface area is 232 Å². The standard InChI is InChI=1S/C29H37F3N2O6/c1-2-39-26(27(35)36)19-21-7-11-25(12-8-21)40-18-15-34(14-17-38-16-4-13-29(30,31)32)28(37)33-24-10-9-22-5-3-6-23(22)20-24/h7-12,20,26H,2-6,13-19H2,1H3,(H,33,37)(H,35,36). The number of carboxylic acids is 1. The molecule has 8 nitrogen and oxygen atoms in total. The Kier molecular flexibility index (Phi) is 12.1. The third kappa shape index (κ3) is 10.7. The molecule has 40 heavy (non-hydrogen) atoms. The fourth-order valence-corrected chi connectivity index (χ4v) is 4.45. The van der Waals surface area contributed by atoms with Crippen molar-refractivity contribution in [1.29, 1.82) is 0 Å². The number of fused-ring (bicyclic) bond motifs is 1. The minimum Gasteiger partial charge on any atom is -0.492 e. The number of rotatable bonds is 16. The van der Waals surface area contributed by atoms with E-state index in [2.05, 4.69) is 5.32 Å². The van der Waals surface area contributed by atoms with E-state index in [1.807, 2.05) is 18.2 Å². The van der Waals surface area contributed by atoms with E-state index < -0.39 is 24.7 Å². The molecule has 0 aromatic heterocycles. The summed E-state index contributed by atoms with van der Waals surface area (Å²) in [6.07, 6.45) is -2.87. The highest BCUT2D eigenvalue weighted by Crippen LogP contribution is 2.25. The number of alkyl halides is 3. The van der Waals surface area contributed by atoms with Crippen LogP contribution in [0.1, 0.15) is 42.9 Å². The number of benzene rings is 2. The normalized spacial score (nSPS) is 13.5. The molecule has 0 aliphatic heterocycles. The van der Waals surface area contributed by atoms with Gasteiger partial charge < -0.3 is 29.5 Å². The number of hydrogen-bond acceptors (Lipinski definition) is 5. The van der Waals surface area contributed by atoms with Crippen molar-refractivity contribution in [2.24, 2.45) is 0 Å². The van der Waals surface area contributed by atoms with E-state index in [1.165, 1.54) is 16.0 Å². The Morgan fingerprint density at radius 1 is 1.02 bits per heavy atom. The Bertz CT molecular complexity index is 1090. The van der Waals surface area contributed by atoms with Gasteiger partial charge in [-0.1, -0.05) is 18.2 Å². The number of anilines is 1. The molecule has 1 aliphatic carbocycles. The van der Waals surface area contributed by atoms with Crippen molar-refractivity contribution in [3.63, 3.8) is 0 Å². The van der Waals surface area contributed by atoms with Crippen LogP contribution >= 0.6 is 0 Å². The van der Waals surface area contributed by atoms with Gasteiger partial charge in [-0.15, -0.1) is 0 Å². The lowest BCUT2D eigenvalue weighted by molar-refractivity contribution is -0.150. The van der Waals surface area contributed by atoms with E-state index in [9.17, 15) is 27.9 Å². The van der Waals surface area contributed by atoms with Crippen LogP contribution in [0.4, 0.5) is 23.7 Å². The fraction of sp³-hybridized carbons (Fsp3) is 0.517. The second kappa shape index (κ2) is 15.5. The Morgan fingerprint density at radius 2 is 1.75 bits per heavy atom. The number of carboxylic acid groups (broad SMARTS) is 1. The number of nitrogens with zero attached hydrogens (tertiary/aromatic N) is 1. The first-order valence-electron chi connectivity index (χ1n) is 13.5. The third-order valence-corrected chi connectivity index (χ3v) is 6.51. The maximum atomic E-state index is 13.1. The topological polar surface area (TPSA) is 97.3 Å². The highest BCUT2D eigenvalue weighted by Gasteiger charge is 2.26. The van der Waals surface area contributed by atoms with Crippen molar-refractivity contribution >= 4 is 17.7 Å². The van der Waals surface area contributed by atoms with Gasteiger partial charge in [0.2, 0.25) is 0 Å². The molecule has 11 heteroatoms. The van der Waals surface area contributed by atoms with Crippen molar-refractivity contribution in [1.82, 2.24) is 4.90 Å². The van der Waals surface area contributed by atoms with Crippen molar-refractivity contribution < 1.29 is 42.1 Å². The van der Waals surface area contributed by atoms with Gasteiger partial charge in [0, 0.05) is 38.3 Å². The number of ether oxygens (including phenoxy) is 3. The molecule has 1 aliphatic rings. The highest BCUT2D eigenvalue weighted by molar-refractivity contribution is 5.89. The monoisotopic (exact) mass is 566 g/mol. The Hall–Kier alpha value is -3.31. The minimum absolute atomic E-state index is 0.0470. The number of aryl methyl sites for hydroxylation is 2. The SMILES string of the molecule is CCOC(Cc1ccc(OCCN(CCOCCCC(F)(F)F)C(=O)Nc2ccc3c(c2)CCC3)cc1)C(=O)O. The van der Waals surface area contributed by atoms with Gasteiger partial charge in [-0.3, -0.25) is 0 Å². The van der Waals surface area contributed by atoms with Gasteiger partial charge in [-0.2, -0.15) is 13.2 Å². The second-order valence-corrected chi connectivity index (χ2v) is 9.56. The minimum atomic E-state index is -4.22. The Morgan fingerprint density at radius 3 is 2.45 bits per heavy atom. The summed E-state index contributed by atoms with van der Waals surface area (Å²) in [6, 6.07) is 12.5. The van der Waals surface area contributed by atoms with Crippen LogP contribution in [0.15, 0.2) is 42.5 Å². The molecular formula is C29H37F3N2O6. The van der Waals surface area contributed by atoms with Crippen molar-refractivity contribution in [2.45, 2.75) is 57.7 Å². The summed E-state index contributed by atoms with van der Waals surface area (Å²) in [7, 11) is 0. The van der Waals surface area contributed by atoms with Crippen molar-refractivity contribution in [3.05, 3.63) is 59.2 Å². The summed E-state index contributed by atoms with van der Waals surface area (Å²) in [6.45, 7) is 2.65. The van der Waals surface area contributed by atoms with Crippen LogP contribution in [-0.4, -0.2) is 73.8 Å². The molecule has 0 bridgehead atoms. The predicted molar refractivity (Wildman–Crippen MR) is 144 cm³/mol. The van der Waals surface area contributed by atoms with Gasteiger partial charge in [0.25, 0.3) is 0 Å². The zero-order valence-electron chi connectivity index (χ0n) is 22.7. The largest absolute Gasteiger partial charge is 0.492 e. The number of hydrogen-bond donors (Lipinski definition) is 2. The first-order chi connectivity index (χ1) is 19.1. The van der Waals surface area contributed by atoms with Gasteiger partial charge in [0.1, 0.15) is 12.4 Å². The lowest BCUT2D eigenvalue weighted by Gasteiger charge is -2.23. The van der Waals surface area contributed by atoms with Crippen LogP contribution in [0.5, 0.6) is 5.75 Å². The van der Waals surface area contributed by atoms with E-state index in [4.69, 9.17) is 14.2 Å². The fourth-order valence-electron chi connectivity index (χ4n) is 4.45. The number of carbonyl (C=O) groups excluding carboxylic acids is 1. The molecule has 0 saturated carbocycles. The molecule has 0 fully saturated rings. The number of carbonyl (C=O) groups is 2. The third-order valence-electron chi connectivity index (χ3n) is 6.51. The Balaban J connectivity index is 1.52. The molecule has 2 amide bonds. The maximum absolute atomic E-state index is 13.1. The highest BCUT2D eigenvalue weighted by atomic mass is 19.4. The summed E-state index contributed by atoms with van der Waals surface area (Å²) < 4.78 is 53.4. The van der Waals surface area contributed by atoms with E-state index in [1.54, 1.807) is 31.2 Å². The van der Waals surface area contributed by atoms with Crippen LogP contribution in [0, 0.1) is 0 Å². The molecule has 0 radical (unpaired) electrons. The lowest BCUT2D eigenvalue weighted by Crippen LogP contribution is -2.40. The molecule has 0 heterocycles. The smallest absolute Gasteiger partial charge is 0.389 e. The maximum Gasteiger partial charge on any atom is 0.389 e. The van der Waals surface area contributed by atoms with Gasteiger partial charge >= 0.3 is 18.2 Å². The number of nitrogens with one attached hydrogen (secondary N) is 1. The molecular weight excluding hydrogens is 529 g/mol. The summed E-state index contributed by atoms with van der Waals surface area (Å²) in [5.74, 6) is -0.473. The first kappa shape index (κ1) is 31.2. The summed E-state index contributed by atoms with van der Waals surface area (Å²) in [5, 5.41) is 12.2. The molecule has 220 valence electrons. The molecule has 1 atom stereocenters. The molecule has 3 rings (SSSR count). The van der Waals surface area contributed by atoms with Gasteiger partial charge in [-0.05, 0) is 73.6 Å². The van der Waals surface area contributed by atoms with E-state index >= 15 is 0 Å². The zero-order valence-corrected chi connectivity index (χ0v) is 22.7. The lowest BCUT2D eigenvalue weighted by atomic mass is 10.1. The first-order valence-corrected chi connectivity index (χ1v) is 13.5. The molecule has 2 N–H and O–H groups in total. The van der Waals surface area contributed by atoms with Crippen molar-refractivity contribution in [3.8, 4) is 5.75 Å². The van der Waals surface area contributed by atoms with Crippen LogP contribution in [0.25, 0.3) is 0 Å². The number of amides is 2. The van der Waals surface area contributed by atoms with Crippen LogP contribution in [0.3, 0.4) is 0 Å². The van der Waals surface area contributed by atoms with Crippen molar-refractivity contribution in [2.75, 3.05) is 44.8 Å². The predicted octanol–water partition coefficient (Wildman–Crippen LogP) is 5.48. The summed E-state index contributed by atoms with van der Waals surface area (Å²) in [5.41, 5.74) is 3.98. The average molecular weight is 567 g/mol. The van der Waals surface area contributed by atoms with Gasteiger partial charge in [0.05, 0.1) is 13.2 Å². The zero-order chi connectivity index (χ0) is 29.0. The van der Waals surface area contributed by atoms with E-state index in [0.29, 0.717) is 18.0 Å². The average Bonchev–Trinajstić information content (AvgIpc) is 3.37. The number of urea groups is 1. The summed E-state index contributed by atoms with van der Waals surface area (Å²) >= 11 is 0. The second-order valence-electron chi connectivity index (χ2n) is 9.56. The number of halogens is 3. The van der Waals surface area contributed by atoms with E-state index in [0.717, 1.165) is 24.8 Å². The molecule has 2 aromatic rings. The van der Waals surface area contributed by atoms with Crippen LogP contribution < -0.4 is 10.1 Å². The van der Waals surface area contributed by atoms with E-state index in [-0.39, 0.29) is 51.8 Å². The molecule has 1 unspecified atom stereocenters. The molecule has 2 aromatic carbocycles. The molecule has 0 spiro atoms. The van der Waals surface area contributed by atoms with Crippen LogP contribution in [0.2, 0.25) is 0 Å². The van der Waals surface area contributed by atoms with Gasteiger partial charge in [-0.25, -0.2) is 9.59 Å². The number of aliphatic carboxylic acids is 1. The van der Waals surface area contributed by atoms with Crippen LogP contribution in [-0.2, 0) is 33.5 Å².